The molecule has 0 aliphatic heterocycles. The van der Waals surface area contributed by atoms with E-state index in [1.165, 1.54) is 0 Å². The minimum Gasteiger partial charge on any atom is -0.481 e. The highest BCUT2D eigenvalue weighted by molar-refractivity contribution is 8.00. The summed E-state index contributed by atoms with van der Waals surface area (Å²) in [6.45, 7) is 2.01. The quantitative estimate of drug-likeness (QED) is 0.671. The summed E-state index contributed by atoms with van der Waals surface area (Å²) in [6.07, 6.45) is 1.10. The van der Waals surface area contributed by atoms with Crippen molar-refractivity contribution in [3.63, 3.8) is 0 Å². The molecule has 0 spiro atoms. The Hall–Kier alpha value is -1.29. The first-order chi connectivity index (χ1) is 8.59. The maximum Gasteiger partial charge on any atom is 0.314 e. The lowest BCUT2D eigenvalue weighted by Crippen LogP contribution is -2.29. The van der Waals surface area contributed by atoms with Crippen LogP contribution >= 0.6 is 11.8 Å². The van der Waals surface area contributed by atoms with Crippen LogP contribution in [0.4, 0.5) is 0 Å². The Kier molecular flexibility index (Phi) is 4.07. The third kappa shape index (κ3) is 2.75. The number of rotatable bonds is 4. The molecule has 1 aromatic rings. The first-order valence-electron chi connectivity index (χ1n) is 6.07. The van der Waals surface area contributed by atoms with Crippen LogP contribution in [0.5, 0.6) is 0 Å². The highest BCUT2D eigenvalue weighted by atomic mass is 32.2. The fourth-order valence-electron chi connectivity index (χ4n) is 2.50. The lowest BCUT2D eigenvalue weighted by molar-refractivity contribution is -0.146. The predicted octanol–water partition coefficient (Wildman–Crippen LogP) is 2.85. The topological polar surface area (TPSA) is 54.4 Å². The first kappa shape index (κ1) is 13.1. The van der Waals surface area contributed by atoms with Gasteiger partial charge in [-0.15, -0.1) is 11.8 Å². The summed E-state index contributed by atoms with van der Waals surface area (Å²) in [4.78, 5) is 23.9. The van der Waals surface area contributed by atoms with E-state index in [2.05, 4.69) is 0 Å². The molecule has 96 valence electrons. The van der Waals surface area contributed by atoms with Crippen LogP contribution in [0, 0.1) is 11.8 Å². The Balaban J connectivity index is 2.07. The third-order valence-corrected chi connectivity index (χ3v) is 4.70. The Morgan fingerprint density at radius 1 is 1.39 bits per heavy atom. The number of ketones is 1. The van der Waals surface area contributed by atoms with E-state index in [0.29, 0.717) is 12.8 Å². The molecule has 1 saturated carbocycles. The second kappa shape index (κ2) is 5.57. The van der Waals surface area contributed by atoms with Crippen LogP contribution < -0.4 is 0 Å². The Bertz CT molecular complexity index is 444. The SMILES string of the molecule is CC(Sc1ccccc1)C1CCC(=O)C1C(=O)O. The molecule has 0 amide bonds. The summed E-state index contributed by atoms with van der Waals surface area (Å²) in [5.74, 6) is -1.95. The zero-order valence-corrected chi connectivity index (χ0v) is 11.0. The van der Waals surface area contributed by atoms with Crippen molar-refractivity contribution in [2.24, 2.45) is 11.8 Å². The molecule has 1 aromatic carbocycles. The molecule has 3 unspecified atom stereocenters. The van der Waals surface area contributed by atoms with Crippen LogP contribution in [0.1, 0.15) is 19.8 Å². The minimum atomic E-state index is -0.969. The van der Waals surface area contributed by atoms with Crippen molar-refractivity contribution in [1.29, 1.82) is 0 Å². The van der Waals surface area contributed by atoms with E-state index in [0.717, 1.165) is 4.90 Å². The van der Waals surface area contributed by atoms with Gasteiger partial charge in [-0.3, -0.25) is 9.59 Å². The molecular weight excluding hydrogens is 248 g/mol. The lowest BCUT2D eigenvalue weighted by Gasteiger charge is -2.21. The van der Waals surface area contributed by atoms with E-state index in [1.807, 2.05) is 37.3 Å². The van der Waals surface area contributed by atoms with Crippen LogP contribution in [0.2, 0.25) is 0 Å². The molecular formula is C14H16O3S. The van der Waals surface area contributed by atoms with E-state index in [4.69, 9.17) is 5.11 Å². The van der Waals surface area contributed by atoms with Gasteiger partial charge in [0, 0.05) is 16.6 Å². The van der Waals surface area contributed by atoms with Crippen molar-refractivity contribution in [1.82, 2.24) is 0 Å². The number of carbonyl (C=O) groups excluding carboxylic acids is 1. The van der Waals surface area contributed by atoms with Crippen LogP contribution in [0.15, 0.2) is 35.2 Å². The summed E-state index contributed by atoms with van der Waals surface area (Å²) in [6, 6.07) is 9.89. The van der Waals surface area contributed by atoms with E-state index in [-0.39, 0.29) is 17.0 Å². The van der Waals surface area contributed by atoms with E-state index < -0.39 is 11.9 Å². The highest BCUT2D eigenvalue weighted by Gasteiger charge is 2.42. The average molecular weight is 264 g/mol. The average Bonchev–Trinajstić information content (AvgIpc) is 2.72. The minimum absolute atomic E-state index is 0.0554. The van der Waals surface area contributed by atoms with Crippen LogP contribution in [0.25, 0.3) is 0 Å². The molecule has 1 N–H and O–H groups in total. The van der Waals surface area contributed by atoms with Gasteiger partial charge in [0.25, 0.3) is 0 Å². The second-order valence-corrected chi connectivity index (χ2v) is 6.07. The van der Waals surface area contributed by atoms with Gasteiger partial charge in [-0.1, -0.05) is 25.1 Å². The number of aliphatic carboxylic acids is 1. The smallest absolute Gasteiger partial charge is 0.314 e. The Morgan fingerprint density at radius 2 is 2.06 bits per heavy atom. The van der Waals surface area contributed by atoms with Gasteiger partial charge in [0.1, 0.15) is 11.7 Å². The first-order valence-corrected chi connectivity index (χ1v) is 6.95. The van der Waals surface area contributed by atoms with E-state index in [1.54, 1.807) is 11.8 Å². The summed E-state index contributed by atoms with van der Waals surface area (Å²) in [5.41, 5.74) is 0. The van der Waals surface area contributed by atoms with Gasteiger partial charge in [0.15, 0.2) is 0 Å². The van der Waals surface area contributed by atoms with Crippen LogP contribution in [-0.4, -0.2) is 22.1 Å². The summed E-state index contributed by atoms with van der Waals surface area (Å²) < 4.78 is 0. The molecule has 1 fully saturated rings. The fraction of sp³-hybridized carbons (Fsp3) is 0.429. The number of carbonyl (C=O) groups is 2. The van der Waals surface area contributed by atoms with Crippen molar-refractivity contribution >= 4 is 23.5 Å². The van der Waals surface area contributed by atoms with Crippen molar-refractivity contribution in [2.45, 2.75) is 29.9 Å². The number of carboxylic acids is 1. The Morgan fingerprint density at radius 3 is 2.67 bits per heavy atom. The van der Waals surface area contributed by atoms with Gasteiger partial charge >= 0.3 is 5.97 Å². The zero-order valence-electron chi connectivity index (χ0n) is 10.2. The zero-order chi connectivity index (χ0) is 13.1. The maximum atomic E-state index is 11.6. The normalized spacial score (nSPS) is 25.1. The van der Waals surface area contributed by atoms with Crippen molar-refractivity contribution in [3.8, 4) is 0 Å². The molecule has 0 saturated heterocycles. The van der Waals surface area contributed by atoms with Crippen LogP contribution in [-0.2, 0) is 9.59 Å². The predicted molar refractivity (Wildman–Crippen MR) is 70.6 cm³/mol. The molecule has 0 aromatic heterocycles. The van der Waals surface area contributed by atoms with E-state index in [9.17, 15) is 9.59 Å². The molecule has 1 aliphatic rings. The Labute approximate surface area is 111 Å². The van der Waals surface area contributed by atoms with Gasteiger partial charge in [-0.05, 0) is 24.5 Å². The monoisotopic (exact) mass is 264 g/mol. The van der Waals surface area contributed by atoms with Gasteiger partial charge in [0.2, 0.25) is 0 Å². The van der Waals surface area contributed by atoms with Crippen LogP contribution in [0.3, 0.4) is 0 Å². The van der Waals surface area contributed by atoms with Crippen molar-refractivity contribution in [3.05, 3.63) is 30.3 Å². The molecule has 2 rings (SSSR count). The number of carboxylic acid groups (broad SMARTS) is 1. The molecule has 0 heterocycles. The number of hydrogen-bond acceptors (Lipinski definition) is 3. The van der Waals surface area contributed by atoms with Gasteiger partial charge in [0.05, 0.1) is 0 Å². The fourth-order valence-corrected chi connectivity index (χ4v) is 3.71. The largest absolute Gasteiger partial charge is 0.481 e. The molecule has 3 nitrogen and oxygen atoms in total. The van der Waals surface area contributed by atoms with Crippen molar-refractivity contribution in [2.75, 3.05) is 0 Å². The van der Waals surface area contributed by atoms with Gasteiger partial charge in [-0.2, -0.15) is 0 Å². The number of Topliss-reactive ketones (excluding diaryl/α,β-unsaturated/α-hetero) is 1. The second-order valence-electron chi connectivity index (χ2n) is 4.62. The molecule has 1 aliphatic carbocycles. The van der Waals surface area contributed by atoms with Crippen molar-refractivity contribution < 1.29 is 14.7 Å². The number of thioether (sulfide) groups is 1. The summed E-state index contributed by atoms with van der Waals surface area (Å²) >= 11 is 1.65. The van der Waals surface area contributed by atoms with Gasteiger partial charge in [-0.25, -0.2) is 0 Å². The summed E-state index contributed by atoms with van der Waals surface area (Å²) in [7, 11) is 0. The maximum absolute atomic E-state index is 11.6. The highest BCUT2D eigenvalue weighted by Crippen LogP contribution is 2.39. The summed E-state index contributed by atoms with van der Waals surface area (Å²) in [5, 5.41) is 9.28. The third-order valence-electron chi connectivity index (χ3n) is 3.43. The lowest BCUT2D eigenvalue weighted by atomic mass is 9.93. The standard InChI is InChI=1S/C14H16O3S/c1-9(18-10-5-3-2-4-6-10)11-7-8-12(15)13(11)14(16)17/h2-6,9,11,13H,7-8H2,1H3,(H,16,17). The molecule has 18 heavy (non-hydrogen) atoms. The molecule has 3 atom stereocenters. The number of benzene rings is 1. The number of hydrogen-bond donors (Lipinski definition) is 1. The molecule has 4 heteroatoms. The van der Waals surface area contributed by atoms with E-state index >= 15 is 0 Å². The van der Waals surface area contributed by atoms with Gasteiger partial charge < -0.3 is 5.11 Å². The molecule has 0 bridgehead atoms. The molecule has 0 radical (unpaired) electrons.